The molecule has 1 heterocycles. The third kappa shape index (κ3) is 4.95. The number of sulfonamides is 1. The molecule has 0 fully saturated rings. The number of nitrogens with one attached hydrogen (secondary N) is 1. The molecule has 1 N–H and O–H groups in total. The van der Waals surface area contributed by atoms with Crippen molar-refractivity contribution in [3.63, 3.8) is 0 Å². The molecular weight excluding hydrogens is 521 g/mol. The summed E-state index contributed by atoms with van der Waals surface area (Å²) in [6, 6.07) is 16.5. The first-order valence-electron chi connectivity index (χ1n) is 10.8. The number of anilines is 2. The van der Waals surface area contributed by atoms with Crippen LogP contribution < -0.4 is 10.2 Å². The van der Waals surface area contributed by atoms with E-state index in [2.05, 4.69) is 15.3 Å². The SMILES string of the molecule is Cc1cc(N(C)C)ccc1/N=C(\C(=O)Nc1cc(Cl)ccc1Cl)C1=Nc2ccccc2S(=O)(=O)N1C. The van der Waals surface area contributed by atoms with Crippen LogP contribution in [-0.4, -0.2) is 51.3 Å². The minimum atomic E-state index is -3.97. The Kier molecular flexibility index (Phi) is 7.08. The maximum atomic E-state index is 13.6. The number of carbonyl (C=O) groups excluding carboxylic acids is 1. The van der Waals surface area contributed by atoms with E-state index >= 15 is 0 Å². The van der Waals surface area contributed by atoms with E-state index in [0.717, 1.165) is 15.6 Å². The Morgan fingerprint density at radius 3 is 2.47 bits per heavy atom. The van der Waals surface area contributed by atoms with Gasteiger partial charge in [-0.3, -0.25) is 9.10 Å². The summed E-state index contributed by atoms with van der Waals surface area (Å²) in [7, 11) is 1.20. The lowest BCUT2D eigenvalue weighted by atomic mass is 10.1. The van der Waals surface area contributed by atoms with Crippen molar-refractivity contribution in [2.24, 2.45) is 9.98 Å². The van der Waals surface area contributed by atoms with Crippen molar-refractivity contribution < 1.29 is 13.2 Å². The molecule has 1 aliphatic heterocycles. The van der Waals surface area contributed by atoms with E-state index in [4.69, 9.17) is 23.2 Å². The van der Waals surface area contributed by atoms with Crippen LogP contribution in [0.15, 0.2) is 75.5 Å². The van der Waals surface area contributed by atoms with Crippen LogP contribution in [0.1, 0.15) is 5.56 Å². The van der Waals surface area contributed by atoms with Crippen molar-refractivity contribution in [3.05, 3.63) is 76.3 Å². The van der Waals surface area contributed by atoms with E-state index in [9.17, 15) is 13.2 Å². The highest BCUT2D eigenvalue weighted by Gasteiger charge is 2.36. The van der Waals surface area contributed by atoms with Crippen LogP contribution in [0.4, 0.5) is 22.7 Å². The fraction of sp³-hybridized carbons (Fsp3) is 0.160. The first-order valence-corrected chi connectivity index (χ1v) is 13.0. The van der Waals surface area contributed by atoms with Gasteiger partial charge >= 0.3 is 0 Å². The van der Waals surface area contributed by atoms with Crippen LogP contribution in [0.25, 0.3) is 0 Å². The van der Waals surface area contributed by atoms with Gasteiger partial charge in [0.1, 0.15) is 4.90 Å². The molecule has 3 aromatic rings. The van der Waals surface area contributed by atoms with Crippen LogP contribution in [0.3, 0.4) is 0 Å². The second-order valence-corrected chi connectivity index (χ2v) is 11.1. The molecule has 186 valence electrons. The zero-order valence-electron chi connectivity index (χ0n) is 20.0. The summed E-state index contributed by atoms with van der Waals surface area (Å²) in [4.78, 5) is 24.7. The van der Waals surface area contributed by atoms with Gasteiger partial charge in [0.05, 0.1) is 22.1 Å². The van der Waals surface area contributed by atoms with Gasteiger partial charge in [0.25, 0.3) is 15.9 Å². The number of hydrogen-bond acceptors (Lipinski definition) is 6. The van der Waals surface area contributed by atoms with Gasteiger partial charge < -0.3 is 10.2 Å². The molecule has 0 saturated heterocycles. The van der Waals surface area contributed by atoms with Gasteiger partial charge in [0.15, 0.2) is 11.5 Å². The van der Waals surface area contributed by atoms with Gasteiger partial charge in [-0.25, -0.2) is 18.4 Å². The highest BCUT2D eigenvalue weighted by Crippen LogP contribution is 2.33. The van der Waals surface area contributed by atoms with E-state index in [1.54, 1.807) is 36.4 Å². The van der Waals surface area contributed by atoms with Crippen molar-refractivity contribution >= 4 is 73.4 Å². The Morgan fingerprint density at radius 2 is 1.78 bits per heavy atom. The Morgan fingerprint density at radius 1 is 1.06 bits per heavy atom. The van der Waals surface area contributed by atoms with Crippen LogP contribution in [-0.2, 0) is 14.8 Å². The Bertz CT molecular complexity index is 1530. The minimum absolute atomic E-state index is 0.0420. The molecule has 0 spiro atoms. The van der Waals surface area contributed by atoms with Crippen LogP contribution in [0, 0.1) is 6.92 Å². The Labute approximate surface area is 219 Å². The van der Waals surface area contributed by atoms with E-state index in [0.29, 0.717) is 10.7 Å². The van der Waals surface area contributed by atoms with Crippen molar-refractivity contribution in [2.45, 2.75) is 11.8 Å². The number of amides is 1. The number of halogens is 2. The van der Waals surface area contributed by atoms with Crippen LogP contribution >= 0.6 is 23.2 Å². The van der Waals surface area contributed by atoms with Crippen molar-refractivity contribution in [2.75, 3.05) is 31.4 Å². The number of hydrogen-bond donors (Lipinski definition) is 1. The third-order valence-corrected chi connectivity index (χ3v) is 7.92. The molecule has 11 heteroatoms. The molecule has 0 atom stereocenters. The first kappa shape index (κ1) is 25.7. The molecule has 1 amide bonds. The average Bonchev–Trinajstić information content (AvgIpc) is 2.83. The quantitative estimate of drug-likeness (QED) is 0.433. The second-order valence-electron chi connectivity index (χ2n) is 8.28. The molecule has 0 bridgehead atoms. The largest absolute Gasteiger partial charge is 0.378 e. The van der Waals surface area contributed by atoms with Gasteiger partial charge in [-0.15, -0.1) is 0 Å². The fourth-order valence-electron chi connectivity index (χ4n) is 3.56. The molecule has 1 aliphatic rings. The summed E-state index contributed by atoms with van der Waals surface area (Å²) in [5.41, 5.74) is 2.49. The summed E-state index contributed by atoms with van der Waals surface area (Å²) in [6.45, 7) is 1.85. The lowest BCUT2D eigenvalue weighted by Crippen LogP contribution is -2.44. The number of benzene rings is 3. The standard InChI is InChI=1S/C25H23Cl2N5O3S/c1-15-13-17(31(2)3)10-12-19(15)28-23(25(33)30-21-14-16(26)9-11-18(21)27)24-29-20-7-5-6-8-22(20)36(34,35)32(24)4/h5-14H,1-4H3,(H,30,33)/b28-23-. The molecule has 36 heavy (non-hydrogen) atoms. The van der Waals surface area contributed by atoms with E-state index in [1.807, 2.05) is 38.1 Å². The molecule has 0 aliphatic carbocycles. The average molecular weight is 544 g/mol. The molecular formula is C25H23Cl2N5O3S. The molecule has 4 rings (SSSR count). The monoisotopic (exact) mass is 543 g/mol. The topological polar surface area (TPSA) is 94.4 Å². The zero-order chi connectivity index (χ0) is 26.2. The van der Waals surface area contributed by atoms with Gasteiger partial charge in [0, 0.05) is 31.9 Å². The number of aliphatic imine (C=N–C) groups is 2. The highest BCUT2D eigenvalue weighted by molar-refractivity contribution is 7.90. The summed E-state index contributed by atoms with van der Waals surface area (Å²) in [5.74, 6) is -0.823. The number of nitrogens with zero attached hydrogens (tertiary/aromatic N) is 4. The van der Waals surface area contributed by atoms with Gasteiger partial charge in [-0.2, -0.15) is 0 Å². The second kappa shape index (κ2) is 9.93. The van der Waals surface area contributed by atoms with Crippen LogP contribution in [0.5, 0.6) is 0 Å². The minimum Gasteiger partial charge on any atom is -0.378 e. The molecule has 0 radical (unpaired) electrons. The number of para-hydroxylation sites is 1. The molecule has 3 aromatic carbocycles. The summed E-state index contributed by atoms with van der Waals surface area (Å²) in [5, 5.41) is 3.32. The van der Waals surface area contributed by atoms with Crippen molar-refractivity contribution in [3.8, 4) is 0 Å². The predicted molar refractivity (Wildman–Crippen MR) is 146 cm³/mol. The van der Waals surface area contributed by atoms with Gasteiger partial charge in [-0.1, -0.05) is 35.3 Å². The molecule has 0 aromatic heterocycles. The fourth-order valence-corrected chi connectivity index (χ4v) is 5.17. The third-order valence-electron chi connectivity index (χ3n) is 5.56. The number of carbonyl (C=O) groups is 1. The normalized spacial score (nSPS) is 14.7. The lowest BCUT2D eigenvalue weighted by molar-refractivity contribution is -0.110. The number of amidine groups is 1. The van der Waals surface area contributed by atoms with E-state index < -0.39 is 15.9 Å². The summed E-state index contributed by atoms with van der Waals surface area (Å²) in [6.07, 6.45) is 0. The number of rotatable bonds is 5. The maximum Gasteiger partial charge on any atom is 0.278 e. The predicted octanol–water partition coefficient (Wildman–Crippen LogP) is 5.44. The summed E-state index contributed by atoms with van der Waals surface area (Å²) >= 11 is 12.3. The molecule has 8 nitrogen and oxygen atoms in total. The zero-order valence-corrected chi connectivity index (χ0v) is 22.3. The van der Waals surface area contributed by atoms with Crippen molar-refractivity contribution in [1.82, 2.24) is 4.31 Å². The molecule has 0 saturated carbocycles. The summed E-state index contributed by atoms with van der Waals surface area (Å²) < 4.78 is 27.5. The highest BCUT2D eigenvalue weighted by atomic mass is 35.5. The van der Waals surface area contributed by atoms with Crippen LogP contribution in [0.2, 0.25) is 10.0 Å². The van der Waals surface area contributed by atoms with E-state index in [-0.39, 0.29) is 32.8 Å². The lowest BCUT2D eigenvalue weighted by Gasteiger charge is -2.27. The Balaban J connectivity index is 1.89. The first-order chi connectivity index (χ1) is 17.0. The maximum absolute atomic E-state index is 13.6. The van der Waals surface area contributed by atoms with E-state index in [1.165, 1.54) is 19.2 Å². The number of aryl methyl sites for hydroxylation is 1. The van der Waals surface area contributed by atoms with Gasteiger partial charge in [-0.05, 0) is 61.0 Å². The van der Waals surface area contributed by atoms with Crippen molar-refractivity contribution in [1.29, 1.82) is 0 Å². The number of fused-ring (bicyclic) bond motifs is 1. The molecule has 0 unspecified atom stereocenters. The Hall–Kier alpha value is -3.40. The smallest absolute Gasteiger partial charge is 0.278 e. The van der Waals surface area contributed by atoms with Gasteiger partial charge in [0.2, 0.25) is 0 Å².